The zero-order chi connectivity index (χ0) is 14.5. The lowest BCUT2D eigenvalue weighted by atomic mass is 9.99. The number of hydrogen-bond donors (Lipinski definition) is 1. The van der Waals surface area contributed by atoms with Gasteiger partial charge in [-0.25, -0.2) is 0 Å². The lowest BCUT2D eigenvalue weighted by Gasteiger charge is -2.19. The van der Waals surface area contributed by atoms with Crippen LogP contribution in [0.25, 0.3) is 0 Å². The molecule has 1 aromatic rings. The summed E-state index contributed by atoms with van der Waals surface area (Å²) in [4.78, 5) is 0. The number of halogens is 4. The first-order valence-corrected chi connectivity index (χ1v) is 6.61. The van der Waals surface area contributed by atoms with Crippen molar-refractivity contribution in [1.29, 1.82) is 0 Å². The molecule has 108 valence electrons. The molecule has 1 heterocycles. The largest absolute Gasteiger partial charge is 0.435 e. The van der Waals surface area contributed by atoms with Gasteiger partial charge in [-0.05, 0) is 18.1 Å². The molecule has 0 aliphatic heterocycles. The van der Waals surface area contributed by atoms with Gasteiger partial charge in [-0.3, -0.25) is 0 Å². The molecule has 7 heteroatoms. The number of nitrogens with one attached hydrogen (secondary N) is 1. The van der Waals surface area contributed by atoms with E-state index < -0.39 is 11.9 Å². The molecule has 0 amide bonds. The third-order valence-corrected chi connectivity index (χ3v) is 3.50. The van der Waals surface area contributed by atoms with E-state index in [1.54, 1.807) is 0 Å². The zero-order valence-corrected chi connectivity index (χ0v) is 11.6. The van der Waals surface area contributed by atoms with Crippen molar-refractivity contribution < 1.29 is 13.2 Å². The summed E-state index contributed by atoms with van der Waals surface area (Å²) in [5.74, 6) is 0.668. The third-order valence-electron chi connectivity index (χ3n) is 2.99. The maximum Gasteiger partial charge on any atom is 0.435 e. The minimum atomic E-state index is -4.46. The highest BCUT2D eigenvalue weighted by atomic mass is 35.5. The van der Waals surface area contributed by atoms with E-state index in [-0.39, 0.29) is 5.38 Å². The molecule has 0 aliphatic rings. The summed E-state index contributed by atoms with van der Waals surface area (Å²) >= 11 is 6.21. The summed E-state index contributed by atoms with van der Waals surface area (Å²) in [7, 11) is 0. The average Bonchev–Trinajstić information content (AvgIpc) is 2.37. The zero-order valence-electron chi connectivity index (χ0n) is 10.8. The third kappa shape index (κ3) is 4.86. The molecule has 0 spiro atoms. The summed E-state index contributed by atoms with van der Waals surface area (Å²) in [5.41, 5.74) is -1.000. The Kier molecular flexibility index (Phi) is 5.85. The Labute approximate surface area is 115 Å². The van der Waals surface area contributed by atoms with Gasteiger partial charge < -0.3 is 5.32 Å². The molecule has 19 heavy (non-hydrogen) atoms. The monoisotopic (exact) mass is 295 g/mol. The van der Waals surface area contributed by atoms with Crippen molar-refractivity contribution in [3.05, 3.63) is 17.8 Å². The van der Waals surface area contributed by atoms with E-state index in [0.717, 1.165) is 18.9 Å². The first kappa shape index (κ1) is 16.0. The number of alkyl halides is 4. The normalized spacial score (nSPS) is 13.6. The van der Waals surface area contributed by atoms with Gasteiger partial charge in [0.05, 0.1) is 5.38 Å². The molecular weight excluding hydrogens is 279 g/mol. The molecule has 1 rings (SSSR count). The van der Waals surface area contributed by atoms with Gasteiger partial charge in [0.25, 0.3) is 0 Å². The molecule has 1 aromatic heterocycles. The van der Waals surface area contributed by atoms with Crippen molar-refractivity contribution in [3.63, 3.8) is 0 Å². The van der Waals surface area contributed by atoms with Crippen LogP contribution in [0, 0.1) is 5.92 Å². The summed E-state index contributed by atoms with van der Waals surface area (Å²) in [6, 6.07) is 2.15. The minimum Gasteiger partial charge on any atom is -0.367 e. The maximum atomic E-state index is 12.3. The summed E-state index contributed by atoms with van der Waals surface area (Å²) in [6.45, 7) is 4.57. The summed E-state index contributed by atoms with van der Waals surface area (Å²) < 4.78 is 36.9. The van der Waals surface area contributed by atoms with Gasteiger partial charge in [0.1, 0.15) is 5.82 Å². The van der Waals surface area contributed by atoms with Crippen LogP contribution in [0.5, 0.6) is 0 Å². The van der Waals surface area contributed by atoms with E-state index in [1.165, 1.54) is 6.07 Å². The van der Waals surface area contributed by atoms with Gasteiger partial charge >= 0.3 is 6.18 Å². The fourth-order valence-corrected chi connectivity index (χ4v) is 2.18. The van der Waals surface area contributed by atoms with E-state index in [9.17, 15) is 13.2 Å². The smallest absolute Gasteiger partial charge is 0.367 e. The highest BCUT2D eigenvalue weighted by Crippen LogP contribution is 2.27. The number of aromatic nitrogens is 2. The van der Waals surface area contributed by atoms with E-state index in [4.69, 9.17) is 11.6 Å². The van der Waals surface area contributed by atoms with Crippen LogP contribution in [0.1, 0.15) is 32.4 Å². The molecule has 1 unspecified atom stereocenters. The second-order valence-electron chi connectivity index (χ2n) is 4.28. The van der Waals surface area contributed by atoms with Crippen LogP contribution in [0.4, 0.5) is 19.0 Å². The van der Waals surface area contributed by atoms with Crippen molar-refractivity contribution in [3.8, 4) is 0 Å². The molecule has 1 atom stereocenters. The molecule has 0 bridgehead atoms. The van der Waals surface area contributed by atoms with Crippen molar-refractivity contribution in [2.75, 3.05) is 11.9 Å². The number of nitrogens with zero attached hydrogens (tertiary/aromatic N) is 2. The highest BCUT2D eigenvalue weighted by molar-refractivity contribution is 6.21. The van der Waals surface area contributed by atoms with E-state index in [1.807, 2.05) is 0 Å². The second-order valence-corrected chi connectivity index (χ2v) is 4.84. The molecule has 0 saturated heterocycles. The Hall–Kier alpha value is -1.04. The van der Waals surface area contributed by atoms with E-state index >= 15 is 0 Å². The first-order valence-electron chi connectivity index (χ1n) is 6.17. The molecular formula is C12H17ClF3N3. The lowest BCUT2D eigenvalue weighted by Crippen LogP contribution is -2.23. The predicted molar refractivity (Wildman–Crippen MR) is 69.2 cm³/mol. The van der Waals surface area contributed by atoms with Crippen molar-refractivity contribution in [2.45, 2.75) is 38.2 Å². The first-order chi connectivity index (χ1) is 8.88. The van der Waals surface area contributed by atoms with Gasteiger partial charge in [-0.1, -0.05) is 26.7 Å². The van der Waals surface area contributed by atoms with Crippen LogP contribution < -0.4 is 5.32 Å². The quantitative estimate of drug-likeness (QED) is 0.808. The molecule has 1 N–H and O–H groups in total. The summed E-state index contributed by atoms with van der Waals surface area (Å²) in [6.07, 6.45) is -2.54. The van der Waals surface area contributed by atoms with Crippen LogP contribution in [0.3, 0.4) is 0 Å². The number of rotatable bonds is 6. The Morgan fingerprint density at radius 3 is 2.26 bits per heavy atom. The molecule has 0 aromatic carbocycles. The van der Waals surface area contributed by atoms with Gasteiger partial charge in [0.2, 0.25) is 0 Å². The minimum absolute atomic E-state index is 0.0842. The fraction of sp³-hybridized carbons (Fsp3) is 0.667. The maximum absolute atomic E-state index is 12.3. The van der Waals surface area contributed by atoms with Crippen LogP contribution in [0.15, 0.2) is 12.1 Å². The van der Waals surface area contributed by atoms with Crippen molar-refractivity contribution in [1.82, 2.24) is 10.2 Å². The molecule has 0 radical (unpaired) electrons. The Morgan fingerprint density at radius 2 is 1.84 bits per heavy atom. The number of anilines is 1. The average molecular weight is 296 g/mol. The highest BCUT2D eigenvalue weighted by Gasteiger charge is 2.32. The topological polar surface area (TPSA) is 37.8 Å². The van der Waals surface area contributed by atoms with Crippen LogP contribution >= 0.6 is 11.6 Å². The molecule has 0 aliphatic carbocycles. The fourth-order valence-electron chi connectivity index (χ4n) is 1.75. The van der Waals surface area contributed by atoms with Crippen molar-refractivity contribution >= 4 is 17.4 Å². The van der Waals surface area contributed by atoms with Crippen LogP contribution in [-0.4, -0.2) is 22.1 Å². The predicted octanol–water partition coefficient (Wildman–Crippen LogP) is 3.95. The number of hydrogen-bond acceptors (Lipinski definition) is 3. The molecule has 0 fully saturated rings. The Bertz CT molecular complexity index is 377. The van der Waals surface area contributed by atoms with Crippen LogP contribution in [0.2, 0.25) is 0 Å². The van der Waals surface area contributed by atoms with E-state index in [0.29, 0.717) is 18.3 Å². The van der Waals surface area contributed by atoms with Gasteiger partial charge in [0.15, 0.2) is 5.69 Å². The second kappa shape index (κ2) is 6.93. The Balaban J connectivity index is 2.55. The van der Waals surface area contributed by atoms with Crippen molar-refractivity contribution in [2.24, 2.45) is 5.92 Å². The van der Waals surface area contributed by atoms with Gasteiger partial charge in [-0.15, -0.1) is 21.8 Å². The summed E-state index contributed by atoms with van der Waals surface area (Å²) in [5, 5.41) is 9.44. The van der Waals surface area contributed by atoms with Gasteiger partial charge in [0, 0.05) is 6.54 Å². The SMILES string of the molecule is CCC(CC)C(Cl)CNc1ccc(C(F)(F)F)nn1. The van der Waals surface area contributed by atoms with Gasteiger partial charge in [-0.2, -0.15) is 13.2 Å². The Morgan fingerprint density at radius 1 is 1.21 bits per heavy atom. The molecule has 0 saturated carbocycles. The van der Waals surface area contributed by atoms with E-state index in [2.05, 4.69) is 29.4 Å². The molecule has 3 nitrogen and oxygen atoms in total. The standard InChI is InChI=1S/C12H17ClF3N3/c1-3-8(4-2)9(13)7-17-11-6-5-10(18-19-11)12(14,15)16/h5-6,8-9H,3-4,7H2,1-2H3,(H,17,19). The lowest BCUT2D eigenvalue weighted by molar-refractivity contribution is -0.141. The van der Waals surface area contributed by atoms with Crippen LogP contribution in [-0.2, 0) is 6.18 Å².